The molecule has 0 bridgehead atoms. The Labute approximate surface area is 138 Å². The minimum Gasteiger partial charge on any atom is -0.480 e. The standard InChI is InChI=1S/C15H12F4N2O4/c16-9-3-1-8(2-4-9)13-20-10(7-25-13)5-12(22)21-11(14(23)24)6-15(17,18)19/h1-4,7,11H,5-6H2,(H,21,22)(H,23,24). The second kappa shape index (κ2) is 7.32. The average molecular weight is 360 g/mol. The number of carbonyl (C=O) groups excluding carboxylic acids is 1. The first-order chi connectivity index (χ1) is 11.6. The first-order valence-corrected chi connectivity index (χ1v) is 6.93. The van der Waals surface area contributed by atoms with Crippen LogP contribution in [0.5, 0.6) is 0 Å². The van der Waals surface area contributed by atoms with Crippen LogP contribution >= 0.6 is 0 Å². The molecular weight excluding hydrogens is 348 g/mol. The first-order valence-electron chi connectivity index (χ1n) is 6.93. The Kier molecular flexibility index (Phi) is 5.40. The van der Waals surface area contributed by atoms with Crippen molar-refractivity contribution < 1.29 is 36.7 Å². The Bertz CT molecular complexity index is 756. The van der Waals surface area contributed by atoms with Crippen molar-refractivity contribution in [1.29, 1.82) is 0 Å². The van der Waals surface area contributed by atoms with Gasteiger partial charge in [0, 0.05) is 5.56 Å². The van der Waals surface area contributed by atoms with Crippen LogP contribution in [0.1, 0.15) is 12.1 Å². The van der Waals surface area contributed by atoms with Crippen molar-refractivity contribution in [3.8, 4) is 11.5 Å². The maximum absolute atomic E-state index is 12.9. The molecule has 134 valence electrons. The van der Waals surface area contributed by atoms with Crippen molar-refractivity contribution in [3.05, 3.63) is 42.0 Å². The number of aromatic nitrogens is 1. The number of amides is 1. The van der Waals surface area contributed by atoms with Crippen LogP contribution in [0.2, 0.25) is 0 Å². The largest absolute Gasteiger partial charge is 0.480 e. The van der Waals surface area contributed by atoms with E-state index in [0.29, 0.717) is 5.56 Å². The van der Waals surface area contributed by atoms with Gasteiger partial charge in [0.25, 0.3) is 0 Å². The second-order valence-electron chi connectivity index (χ2n) is 5.11. The normalized spacial score (nSPS) is 12.6. The van der Waals surface area contributed by atoms with E-state index in [-0.39, 0.29) is 11.6 Å². The fraction of sp³-hybridized carbons (Fsp3) is 0.267. The van der Waals surface area contributed by atoms with Gasteiger partial charge in [-0.25, -0.2) is 14.2 Å². The predicted molar refractivity (Wildman–Crippen MR) is 75.8 cm³/mol. The van der Waals surface area contributed by atoms with E-state index in [1.54, 1.807) is 5.32 Å². The van der Waals surface area contributed by atoms with Gasteiger partial charge in [0.15, 0.2) is 0 Å². The van der Waals surface area contributed by atoms with Gasteiger partial charge in [0.1, 0.15) is 18.1 Å². The summed E-state index contributed by atoms with van der Waals surface area (Å²) in [5.74, 6) is -3.11. The molecule has 10 heteroatoms. The van der Waals surface area contributed by atoms with E-state index >= 15 is 0 Å². The molecule has 1 aromatic carbocycles. The third kappa shape index (κ3) is 5.59. The number of carbonyl (C=O) groups is 2. The molecule has 1 aromatic heterocycles. The molecule has 2 aromatic rings. The fourth-order valence-corrected chi connectivity index (χ4v) is 1.95. The number of hydrogen-bond donors (Lipinski definition) is 2. The number of hydrogen-bond acceptors (Lipinski definition) is 4. The lowest BCUT2D eigenvalue weighted by molar-refractivity contribution is -0.159. The number of nitrogens with one attached hydrogen (secondary N) is 1. The summed E-state index contributed by atoms with van der Waals surface area (Å²) in [6, 6.07) is 3.07. The summed E-state index contributed by atoms with van der Waals surface area (Å²) in [6.07, 6.45) is -5.78. The minimum atomic E-state index is -4.74. The summed E-state index contributed by atoms with van der Waals surface area (Å²) in [5, 5.41) is 10.5. The Morgan fingerprint density at radius 1 is 1.24 bits per heavy atom. The highest BCUT2D eigenvalue weighted by Crippen LogP contribution is 2.22. The second-order valence-corrected chi connectivity index (χ2v) is 5.11. The van der Waals surface area contributed by atoms with Gasteiger partial charge in [-0.15, -0.1) is 0 Å². The third-order valence-corrected chi connectivity index (χ3v) is 3.05. The molecule has 0 aliphatic rings. The molecule has 1 unspecified atom stereocenters. The van der Waals surface area contributed by atoms with Gasteiger partial charge < -0.3 is 14.8 Å². The lowest BCUT2D eigenvalue weighted by Crippen LogP contribution is -2.44. The maximum Gasteiger partial charge on any atom is 0.391 e. The Hall–Kier alpha value is -2.91. The monoisotopic (exact) mass is 360 g/mol. The molecule has 1 amide bonds. The first kappa shape index (κ1) is 18.4. The highest BCUT2D eigenvalue weighted by molar-refractivity contribution is 5.84. The third-order valence-electron chi connectivity index (χ3n) is 3.05. The average Bonchev–Trinajstić information content (AvgIpc) is 2.94. The van der Waals surface area contributed by atoms with Crippen LogP contribution in [-0.2, 0) is 16.0 Å². The number of carboxylic acids is 1. The molecular formula is C15H12F4N2O4. The van der Waals surface area contributed by atoms with Gasteiger partial charge in [0.05, 0.1) is 18.5 Å². The Balaban J connectivity index is 2.00. The quantitative estimate of drug-likeness (QED) is 0.773. The van der Waals surface area contributed by atoms with Gasteiger partial charge >= 0.3 is 12.1 Å². The van der Waals surface area contributed by atoms with E-state index < -0.39 is 42.8 Å². The molecule has 0 fully saturated rings. The smallest absolute Gasteiger partial charge is 0.391 e. The van der Waals surface area contributed by atoms with Crippen LogP contribution in [-0.4, -0.2) is 34.2 Å². The maximum atomic E-state index is 12.9. The van der Waals surface area contributed by atoms with Crippen molar-refractivity contribution in [1.82, 2.24) is 10.3 Å². The van der Waals surface area contributed by atoms with Gasteiger partial charge in [-0.05, 0) is 24.3 Å². The molecule has 1 heterocycles. The van der Waals surface area contributed by atoms with Gasteiger partial charge in [0.2, 0.25) is 11.8 Å². The van der Waals surface area contributed by atoms with E-state index in [1.807, 2.05) is 0 Å². The molecule has 0 aliphatic heterocycles. The molecule has 0 saturated carbocycles. The molecule has 0 saturated heterocycles. The van der Waals surface area contributed by atoms with Crippen LogP contribution in [0, 0.1) is 5.82 Å². The Morgan fingerprint density at radius 3 is 2.44 bits per heavy atom. The highest BCUT2D eigenvalue weighted by atomic mass is 19.4. The van der Waals surface area contributed by atoms with Crippen LogP contribution in [0.3, 0.4) is 0 Å². The van der Waals surface area contributed by atoms with Crippen LogP contribution in [0.4, 0.5) is 17.6 Å². The molecule has 0 radical (unpaired) electrons. The van der Waals surface area contributed by atoms with Gasteiger partial charge in [-0.1, -0.05) is 0 Å². The van der Waals surface area contributed by atoms with Crippen LogP contribution < -0.4 is 5.32 Å². The van der Waals surface area contributed by atoms with Gasteiger partial charge in [-0.2, -0.15) is 13.2 Å². The number of carboxylic acid groups (broad SMARTS) is 1. The van der Waals surface area contributed by atoms with Crippen LogP contribution in [0.15, 0.2) is 34.9 Å². The minimum absolute atomic E-state index is 0.0906. The summed E-state index contributed by atoms with van der Waals surface area (Å²) in [4.78, 5) is 26.5. The van der Waals surface area contributed by atoms with E-state index in [9.17, 15) is 27.2 Å². The molecule has 25 heavy (non-hydrogen) atoms. The van der Waals surface area contributed by atoms with Crippen molar-refractivity contribution in [3.63, 3.8) is 0 Å². The predicted octanol–water partition coefficient (Wildman–Crippen LogP) is 2.54. The summed E-state index contributed by atoms with van der Waals surface area (Å²) in [6.45, 7) is 0. The van der Waals surface area contributed by atoms with Crippen molar-refractivity contribution in [2.75, 3.05) is 0 Å². The zero-order valence-electron chi connectivity index (χ0n) is 12.5. The molecule has 2 N–H and O–H groups in total. The summed E-state index contributed by atoms with van der Waals surface area (Å²) in [5.41, 5.74) is 0.529. The summed E-state index contributed by atoms with van der Waals surface area (Å²) in [7, 11) is 0. The van der Waals surface area contributed by atoms with Gasteiger partial charge in [-0.3, -0.25) is 4.79 Å². The van der Waals surface area contributed by atoms with E-state index in [4.69, 9.17) is 9.52 Å². The topological polar surface area (TPSA) is 92.4 Å². The number of alkyl halides is 3. The molecule has 2 rings (SSSR count). The number of rotatable bonds is 6. The molecule has 0 aliphatic carbocycles. The summed E-state index contributed by atoms with van der Waals surface area (Å²) >= 11 is 0. The highest BCUT2D eigenvalue weighted by Gasteiger charge is 2.36. The van der Waals surface area contributed by atoms with Crippen molar-refractivity contribution in [2.45, 2.75) is 25.1 Å². The lowest BCUT2D eigenvalue weighted by atomic mass is 10.2. The number of halogens is 4. The zero-order chi connectivity index (χ0) is 18.6. The van der Waals surface area contributed by atoms with E-state index in [1.165, 1.54) is 24.3 Å². The number of nitrogens with zero attached hydrogens (tertiary/aromatic N) is 1. The summed E-state index contributed by atoms with van der Waals surface area (Å²) < 4.78 is 54.8. The number of oxazole rings is 1. The Morgan fingerprint density at radius 2 is 1.88 bits per heavy atom. The fourth-order valence-electron chi connectivity index (χ4n) is 1.95. The molecule has 1 atom stereocenters. The number of aliphatic carboxylic acids is 1. The van der Waals surface area contributed by atoms with Crippen LogP contribution in [0.25, 0.3) is 11.5 Å². The van der Waals surface area contributed by atoms with E-state index in [2.05, 4.69) is 4.98 Å². The van der Waals surface area contributed by atoms with Crippen molar-refractivity contribution >= 4 is 11.9 Å². The molecule has 6 nitrogen and oxygen atoms in total. The van der Waals surface area contributed by atoms with E-state index in [0.717, 1.165) is 6.26 Å². The number of benzene rings is 1. The zero-order valence-corrected chi connectivity index (χ0v) is 12.5. The molecule has 0 spiro atoms. The SMILES string of the molecule is O=C(Cc1coc(-c2ccc(F)cc2)n1)NC(CC(F)(F)F)C(=O)O. The van der Waals surface area contributed by atoms with Crippen molar-refractivity contribution in [2.24, 2.45) is 0 Å². The lowest BCUT2D eigenvalue weighted by Gasteiger charge is -2.15.